The first-order valence-corrected chi connectivity index (χ1v) is 11.4. The van der Waals surface area contributed by atoms with Gasteiger partial charge in [-0.15, -0.1) is 11.3 Å². The average Bonchev–Trinajstić information content (AvgIpc) is 3.38. The molecule has 0 fully saturated rings. The number of anilines is 1. The molecule has 0 aliphatic carbocycles. The molecule has 0 saturated carbocycles. The van der Waals surface area contributed by atoms with Gasteiger partial charge < -0.3 is 9.73 Å². The highest BCUT2D eigenvalue weighted by Crippen LogP contribution is 2.25. The second-order valence-electron chi connectivity index (χ2n) is 6.88. The van der Waals surface area contributed by atoms with Crippen LogP contribution in [0.1, 0.15) is 16.7 Å². The van der Waals surface area contributed by atoms with Crippen molar-refractivity contribution < 1.29 is 13.0 Å². The van der Waals surface area contributed by atoms with Crippen LogP contribution in [0.2, 0.25) is 0 Å². The van der Waals surface area contributed by atoms with Gasteiger partial charge in [0.05, 0.1) is 10.4 Å². The monoisotopic (exact) mass is 457 g/mol. The van der Waals surface area contributed by atoms with E-state index in [4.69, 9.17) is 9.83 Å². The molecule has 8 nitrogen and oxygen atoms in total. The number of benzene rings is 2. The Kier molecular flexibility index (Phi) is 5.00. The summed E-state index contributed by atoms with van der Waals surface area (Å²) >= 11 is 1.23. The number of nitrogens with one attached hydrogen (secondary N) is 3. The number of rotatable bonds is 4. The number of hydrogen-bond acceptors (Lipinski definition) is 7. The van der Waals surface area contributed by atoms with Crippen LogP contribution in [-0.2, 0) is 24.0 Å². The van der Waals surface area contributed by atoms with Gasteiger partial charge in [0.2, 0.25) is 0 Å². The number of halogens is 1. The van der Waals surface area contributed by atoms with Crippen LogP contribution in [-0.4, -0.2) is 26.1 Å². The summed E-state index contributed by atoms with van der Waals surface area (Å²) in [5.41, 5.74) is 2.77. The van der Waals surface area contributed by atoms with Crippen LogP contribution in [0, 0.1) is 11.2 Å². The lowest BCUT2D eigenvalue weighted by Gasteiger charge is -2.20. The van der Waals surface area contributed by atoms with Gasteiger partial charge in [0.1, 0.15) is 11.7 Å². The molecular weight excluding hydrogens is 441 g/mol. The van der Waals surface area contributed by atoms with Crippen molar-refractivity contribution in [2.75, 3.05) is 11.3 Å². The molecule has 0 spiro atoms. The first kappa shape index (κ1) is 19.8. The zero-order chi connectivity index (χ0) is 21.5. The average molecular weight is 458 g/mol. The molecule has 31 heavy (non-hydrogen) atoms. The van der Waals surface area contributed by atoms with Gasteiger partial charge in [-0.3, -0.25) is 10.1 Å². The van der Waals surface area contributed by atoms with Crippen molar-refractivity contribution in [2.24, 2.45) is 0 Å². The Balaban J connectivity index is 1.57. The van der Waals surface area contributed by atoms with Crippen molar-refractivity contribution in [2.45, 2.75) is 17.9 Å². The summed E-state index contributed by atoms with van der Waals surface area (Å²) in [5, 5.41) is 14.0. The Morgan fingerprint density at radius 1 is 1.39 bits per heavy atom. The summed E-state index contributed by atoms with van der Waals surface area (Å²) in [6.07, 6.45) is 2.36. The molecule has 1 aliphatic heterocycles. The first-order chi connectivity index (χ1) is 15.0. The van der Waals surface area contributed by atoms with E-state index in [0.717, 1.165) is 34.7 Å². The van der Waals surface area contributed by atoms with E-state index in [9.17, 15) is 13.4 Å². The van der Waals surface area contributed by atoms with Gasteiger partial charge >= 0.3 is 5.76 Å². The highest BCUT2D eigenvalue weighted by Gasteiger charge is 2.23. The fraction of sp³-hybridized carbons (Fsp3) is 0.150. The maximum atomic E-state index is 14.8. The van der Waals surface area contributed by atoms with Gasteiger partial charge in [-0.2, -0.15) is 0 Å². The lowest BCUT2D eigenvalue weighted by molar-refractivity contribution is 0.542. The van der Waals surface area contributed by atoms with Crippen LogP contribution in [0.25, 0.3) is 11.1 Å². The predicted octanol–water partition coefficient (Wildman–Crippen LogP) is 2.84. The lowest BCUT2D eigenvalue weighted by Crippen LogP contribution is -2.29. The van der Waals surface area contributed by atoms with E-state index in [2.05, 4.69) is 15.0 Å². The van der Waals surface area contributed by atoms with Crippen LogP contribution in [0.3, 0.4) is 0 Å². The summed E-state index contributed by atoms with van der Waals surface area (Å²) in [6.45, 7) is 1.43. The molecule has 4 aromatic rings. The van der Waals surface area contributed by atoms with Gasteiger partial charge in [-0.1, -0.05) is 18.2 Å². The number of hydrogen-bond donors (Lipinski definition) is 3. The smallest absolute Gasteiger partial charge is 0.407 e. The van der Waals surface area contributed by atoms with Gasteiger partial charge in [0.25, 0.3) is 0 Å². The minimum absolute atomic E-state index is 0.0448. The predicted molar refractivity (Wildman–Crippen MR) is 117 cm³/mol. The van der Waals surface area contributed by atoms with Crippen molar-refractivity contribution in [1.82, 2.24) is 14.9 Å². The number of aromatic nitrogens is 2. The molecule has 0 bridgehead atoms. The minimum atomic E-state index is -1.94. The van der Waals surface area contributed by atoms with Gasteiger partial charge in [-0.25, -0.2) is 22.9 Å². The Bertz CT molecular complexity index is 1390. The molecule has 1 unspecified atom stereocenters. The zero-order valence-electron chi connectivity index (χ0n) is 16.0. The lowest BCUT2D eigenvalue weighted by atomic mass is 9.95. The molecule has 1 atom stereocenters. The summed E-state index contributed by atoms with van der Waals surface area (Å²) < 4.78 is 36.3. The van der Waals surface area contributed by atoms with E-state index < -0.39 is 22.6 Å². The molecule has 158 valence electrons. The third-order valence-corrected chi connectivity index (χ3v) is 6.98. The summed E-state index contributed by atoms with van der Waals surface area (Å²) in [7, 11) is -1.94. The summed E-state index contributed by atoms with van der Waals surface area (Å²) in [4.78, 5) is 16.4. The molecule has 2 aromatic carbocycles. The van der Waals surface area contributed by atoms with E-state index in [1.807, 2.05) is 12.1 Å². The molecule has 11 heteroatoms. The minimum Gasteiger partial charge on any atom is -0.407 e. The topological polar surface area (TPSA) is 113 Å². The third-order valence-electron chi connectivity index (χ3n) is 5.07. The fourth-order valence-corrected chi connectivity index (χ4v) is 5.20. The second-order valence-corrected chi connectivity index (χ2v) is 8.96. The van der Waals surface area contributed by atoms with Crippen molar-refractivity contribution in [3.63, 3.8) is 0 Å². The number of fused-ring (bicyclic) bond motifs is 2. The fourth-order valence-electron chi connectivity index (χ4n) is 3.64. The van der Waals surface area contributed by atoms with Crippen LogP contribution in [0.5, 0.6) is 0 Å². The molecule has 1 aliphatic rings. The van der Waals surface area contributed by atoms with E-state index in [-0.39, 0.29) is 21.8 Å². The molecule has 5 rings (SSSR count). The van der Waals surface area contributed by atoms with E-state index >= 15 is 0 Å². The maximum Gasteiger partial charge on any atom is 0.425 e. The standard InChI is InChI=1S/C20H16FN5O3S2/c21-14-8-15-16(9-17(14)31(28)25-19-24-6-7-30-19)29-20(27)26(15)18(22)12-3-1-2-11-4-5-23-10-13(11)12/h1-3,6-9,22-23H,4-5,10H2,(H,24,25). The quantitative estimate of drug-likeness (QED) is 0.322. The highest BCUT2D eigenvalue weighted by atomic mass is 32.2. The first-order valence-electron chi connectivity index (χ1n) is 9.36. The van der Waals surface area contributed by atoms with E-state index in [0.29, 0.717) is 17.2 Å². The summed E-state index contributed by atoms with van der Waals surface area (Å²) in [5.74, 6) is -1.69. The van der Waals surface area contributed by atoms with Crippen LogP contribution in [0.15, 0.2) is 56.0 Å². The largest absolute Gasteiger partial charge is 0.425 e. The van der Waals surface area contributed by atoms with Crippen molar-refractivity contribution >= 4 is 44.4 Å². The number of nitrogens with zero attached hydrogens (tertiary/aromatic N) is 2. The van der Waals surface area contributed by atoms with Gasteiger partial charge in [0.15, 0.2) is 21.7 Å². The van der Waals surface area contributed by atoms with Crippen LogP contribution in [0.4, 0.5) is 9.52 Å². The maximum absolute atomic E-state index is 14.8. The van der Waals surface area contributed by atoms with Crippen molar-refractivity contribution in [3.8, 4) is 0 Å². The molecule has 3 N–H and O–H groups in total. The van der Waals surface area contributed by atoms with Crippen LogP contribution >= 0.6 is 11.3 Å². The van der Waals surface area contributed by atoms with Crippen molar-refractivity contribution in [1.29, 1.82) is 5.41 Å². The Labute approximate surface area is 181 Å². The Hall–Kier alpha value is -3.15. The van der Waals surface area contributed by atoms with Crippen molar-refractivity contribution in [3.05, 3.63) is 75.0 Å². The normalized spacial score (nSPS) is 14.4. The Morgan fingerprint density at radius 2 is 2.26 bits per heavy atom. The number of thiazole rings is 1. The SMILES string of the molecule is N=C(c1cccc2c1CNCC2)n1c(=O)oc2cc(S(=O)Nc3nccs3)c(F)cc21. The molecule has 0 radical (unpaired) electrons. The molecule has 3 heterocycles. The summed E-state index contributed by atoms with van der Waals surface area (Å²) in [6, 6.07) is 7.89. The van der Waals surface area contributed by atoms with Gasteiger partial charge in [0, 0.05) is 35.8 Å². The van der Waals surface area contributed by atoms with E-state index in [1.54, 1.807) is 11.4 Å². The second kappa shape index (κ2) is 7.84. The molecule has 2 aromatic heterocycles. The molecule has 0 saturated heterocycles. The van der Waals surface area contributed by atoms with Crippen LogP contribution < -0.4 is 15.8 Å². The highest BCUT2D eigenvalue weighted by molar-refractivity contribution is 7.86. The third kappa shape index (κ3) is 3.50. The number of oxazole rings is 1. The molecular formula is C20H16FN5O3S2. The van der Waals surface area contributed by atoms with E-state index in [1.165, 1.54) is 23.6 Å². The molecule has 0 amide bonds. The Morgan fingerprint density at radius 3 is 3.06 bits per heavy atom. The zero-order valence-corrected chi connectivity index (χ0v) is 17.6. The van der Waals surface area contributed by atoms with Gasteiger partial charge in [-0.05, 0) is 24.1 Å².